The molecule has 0 radical (unpaired) electrons. The third-order valence-corrected chi connectivity index (χ3v) is 4.31. The van der Waals surface area contributed by atoms with Gasteiger partial charge < -0.3 is 10.6 Å². The minimum atomic E-state index is 0.124. The van der Waals surface area contributed by atoms with Crippen molar-refractivity contribution in [3.63, 3.8) is 0 Å². The van der Waals surface area contributed by atoms with Crippen LogP contribution in [0.1, 0.15) is 37.0 Å². The van der Waals surface area contributed by atoms with Gasteiger partial charge in [0.25, 0.3) is 5.91 Å². The lowest BCUT2D eigenvalue weighted by molar-refractivity contribution is 0.0705. The Morgan fingerprint density at radius 1 is 1.42 bits per heavy atom. The van der Waals surface area contributed by atoms with Crippen LogP contribution in [0.4, 0.5) is 0 Å². The highest BCUT2D eigenvalue weighted by Gasteiger charge is 2.24. The van der Waals surface area contributed by atoms with Crippen LogP contribution in [0.25, 0.3) is 0 Å². The minimum absolute atomic E-state index is 0.124. The number of hydrogen-bond acceptors (Lipinski definition) is 3. The summed E-state index contributed by atoms with van der Waals surface area (Å²) in [6.07, 6.45) is 2.03. The monoisotopic (exact) mass is 278 g/mol. The van der Waals surface area contributed by atoms with Crippen molar-refractivity contribution >= 4 is 17.7 Å². The molecular weight excluding hydrogens is 256 g/mol. The van der Waals surface area contributed by atoms with Crippen LogP contribution >= 0.6 is 11.8 Å². The average molecular weight is 278 g/mol. The van der Waals surface area contributed by atoms with Gasteiger partial charge in [-0.3, -0.25) is 4.79 Å². The summed E-state index contributed by atoms with van der Waals surface area (Å²) in [4.78, 5) is 15.6. The molecule has 2 rings (SSSR count). The largest absolute Gasteiger partial charge is 0.337 e. The van der Waals surface area contributed by atoms with Crippen molar-refractivity contribution in [2.45, 2.75) is 42.9 Å². The second kappa shape index (κ2) is 6.44. The first-order valence-corrected chi connectivity index (χ1v) is 7.76. The summed E-state index contributed by atoms with van der Waals surface area (Å²) in [5, 5.41) is 0.470. The number of nitrogens with zero attached hydrogens (tertiary/aromatic N) is 1. The normalized spacial score (nSPS) is 19.8. The van der Waals surface area contributed by atoms with E-state index in [1.165, 1.54) is 0 Å². The summed E-state index contributed by atoms with van der Waals surface area (Å²) in [5.41, 5.74) is 6.78. The Morgan fingerprint density at radius 2 is 2.16 bits per heavy atom. The number of benzene rings is 1. The molecule has 104 valence electrons. The average Bonchev–Trinajstić information content (AvgIpc) is 2.38. The van der Waals surface area contributed by atoms with Gasteiger partial charge in [-0.05, 0) is 25.0 Å². The van der Waals surface area contributed by atoms with Gasteiger partial charge in [0.1, 0.15) is 0 Å². The number of likely N-dealkylation sites (tertiary alicyclic amines) is 1. The fourth-order valence-corrected chi connectivity index (χ4v) is 3.31. The number of thioether (sulfide) groups is 1. The Kier molecular flexibility index (Phi) is 4.88. The Morgan fingerprint density at radius 3 is 2.84 bits per heavy atom. The summed E-state index contributed by atoms with van der Waals surface area (Å²) < 4.78 is 0. The summed E-state index contributed by atoms with van der Waals surface area (Å²) >= 11 is 1.74. The van der Waals surface area contributed by atoms with E-state index in [2.05, 4.69) is 13.8 Å². The molecule has 0 spiro atoms. The molecule has 1 unspecified atom stereocenters. The molecule has 1 heterocycles. The topological polar surface area (TPSA) is 46.3 Å². The number of carbonyl (C=O) groups excluding carboxylic acids is 1. The highest BCUT2D eigenvalue weighted by atomic mass is 32.2. The van der Waals surface area contributed by atoms with Crippen LogP contribution < -0.4 is 5.73 Å². The molecule has 3 nitrogen and oxygen atoms in total. The van der Waals surface area contributed by atoms with E-state index in [1.54, 1.807) is 11.8 Å². The molecule has 1 fully saturated rings. The number of piperidine rings is 1. The van der Waals surface area contributed by atoms with Crippen LogP contribution in [0.15, 0.2) is 29.2 Å². The first-order valence-electron chi connectivity index (χ1n) is 6.88. The third-order valence-electron chi connectivity index (χ3n) is 3.23. The molecule has 1 aromatic carbocycles. The van der Waals surface area contributed by atoms with Gasteiger partial charge >= 0.3 is 0 Å². The molecule has 1 aliphatic rings. The smallest absolute Gasteiger partial charge is 0.255 e. The Hall–Kier alpha value is -1.00. The number of hydrogen-bond donors (Lipinski definition) is 1. The second-order valence-electron chi connectivity index (χ2n) is 5.32. The lowest BCUT2D eigenvalue weighted by Gasteiger charge is -2.31. The number of amides is 1. The van der Waals surface area contributed by atoms with Crippen molar-refractivity contribution in [3.8, 4) is 0 Å². The van der Waals surface area contributed by atoms with Gasteiger partial charge in [0, 0.05) is 29.3 Å². The summed E-state index contributed by atoms with van der Waals surface area (Å²) in [6.45, 7) is 5.79. The van der Waals surface area contributed by atoms with Crippen LogP contribution in [-0.2, 0) is 0 Å². The molecule has 19 heavy (non-hydrogen) atoms. The fraction of sp³-hybridized carbons (Fsp3) is 0.533. The van der Waals surface area contributed by atoms with E-state index in [4.69, 9.17) is 5.73 Å². The van der Waals surface area contributed by atoms with Crippen molar-refractivity contribution in [2.24, 2.45) is 5.73 Å². The minimum Gasteiger partial charge on any atom is -0.337 e. The maximum absolute atomic E-state index is 12.6. The predicted octanol–water partition coefficient (Wildman–Crippen LogP) is 2.75. The quantitative estimate of drug-likeness (QED) is 0.865. The summed E-state index contributed by atoms with van der Waals surface area (Å²) in [7, 11) is 0. The van der Waals surface area contributed by atoms with Gasteiger partial charge in [-0.1, -0.05) is 26.0 Å². The van der Waals surface area contributed by atoms with E-state index in [0.29, 0.717) is 11.8 Å². The fourth-order valence-electron chi connectivity index (χ4n) is 2.36. The highest BCUT2D eigenvalue weighted by Crippen LogP contribution is 2.28. The third kappa shape index (κ3) is 3.74. The van der Waals surface area contributed by atoms with Gasteiger partial charge in [0.15, 0.2) is 0 Å². The van der Waals surface area contributed by atoms with E-state index in [9.17, 15) is 4.79 Å². The van der Waals surface area contributed by atoms with Crippen molar-refractivity contribution in [1.29, 1.82) is 0 Å². The van der Waals surface area contributed by atoms with Crippen LogP contribution in [0.5, 0.6) is 0 Å². The maximum atomic E-state index is 12.6. The molecule has 0 aliphatic carbocycles. The highest BCUT2D eigenvalue weighted by molar-refractivity contribution is 8.00. The van der Waals surface area contributed by atoms with Gasteiger partial charge in [-0.2, -0.15) is 0 Å². The molecule has 4 heteroatoms. The molecule has 0 bridgehead atoms. The van der Waals surface area contributed by atoms with Crippen molar-refractivity contribution < 1.29 is 4.79 Å². The molecule has 1 saturated heterocycles. The van der Waals surface area contributed by atoms with E-state index in [1.807, 2.05) is 29.2 Å². The standard InChI is InChI=1S/C15H22N2OS/c1-11(2)19-14-8-4-3-7-13(14)15(18)17-9-5-6-12(16)10-17/h3-4,7-8,11-12H,5-6,9-10,16H2,1-2H3. The number of rotatable bonds is 3. The number of carbonyl (C=O) groups is 1. The van der Waals surface area contributed by atoms with Crippen LogP contribution in [0, 0.1) is 0 Å². The van der Waals surface area contributed by atoms with Crippen LogP contribution in [0.2, 0.25) is 0 Å². The lowest BCUT2D eigenvalue weighted by atomic mass is 10.1. The maximum Gasteiger partial charge on any atom is 0.255 e. The molecule has 1 atom stereocenters. The van der Waals surface area contributed by atoms with Crippen LogP contribution in [0.3, 0.4) is 0 Å². The SMILES string of the molecule is CC(C)Sc1ccccc1C(=O)N1CCCC(N)C1. The van der Waals surface area contributed by atoms with Crippen LogP contribution in [-0.4, -0.2) is 35.2 Å². The Balaban J connectivity index is 2.18. The summed E-state index contributed by atoms with van der Waals surface area (Å²) in [5.74, 6) is 0.124. The first-order chi connectivity index (χ1) is 9.08. The van der Waals surface area contributed by atoms with Gasteiger partial charge in [-0.15, -0.1) is 11.8 Å². The zero-order valence-electron chi connectivity index (χ0n) is 11.6. The van der Waals surface area contributed by atoms with E-state index in [-0.39, 0.29) is 11.9 Å². The second-order valence-corrected chi connectivity index (χ2v) is 6.93. The van der Waals surface area contributed by atoms with Gasteiger partial charge in [0.05, 0.1) is 5.56 Å². The molecule has 2 N–H and O–H groups in total. The first kappa shape index (κ1) is 14.4. The zero-order valence-corrected chi connectivity index (χ0v) is 12.5. The Bertz CT molecular complexity index is 448. The van der Waals surface area contributed by atoms with E-state index < -0.39 is 0 Å². The zero-order chi connectivity index (χ0) is 13.8. The van der Waals surface area contributed by atoms with Crippen molar-refractivity contribution in [1.82, 2.24) is 4.90 Å². The summed E-state index contributed by atoms with van der Waals surface area (Å²) in [6, 6.07) is 8.00. The van der Waals surface area contributed by atoms with Gasteiger partial charge in [-0.25, -0.2) is 0 Å². The molecule has 0 aromatic heterocycles. The molecular formula is C15H22N2OS. The van der Waals surface area contributed by atoms with Crippen molar-refractivity contribution in [3.05, 3.63) is 29.8 Å². The Labute approximate surface area is 119 Å². The van der Waals surface area contributed by atoms with E-state index in [0.717, 1.165) is 29.8 Å². The molecule has 1 aromatic rings. The molecule has 1 amide bonds. The predicted molar refractivity (Wildman–Crippen MR) is 80.5 cm³/mol. The van der Waals surface area contributed by atoms with Gasteiger partial charge in [0.2, 0.25) is 0 Å². The van der Waals surface area contributed by atoms with E-state index >= 15 is 0 Å². The molecule has 0 saturated carbocycles. The molecule has 1 aliphatic heterocycles. The van der Waals surface area contributed by atoms with Crippen molar-refractivity contribution in [2.75, 3.05) is 13.1 Å². The lowest BCUT2D eigenvalue weighted by Crippen LogP contribution is -2.45. The number of nitrogens with two attached hydrogens (primary N) is 1.